The topological polar surface area (TPSA) is 52.8 Å². The smallest absolute Gasteiger partial charge is 0.293 e. The fourth-order valence-corrected chi connectivity index (χ4v) is 4.55. The standard InChI is InChI=1S/C22H22N2O3S/c1-5-10-24-16-12-13(2)11-14(3)20(16)28-22(24)23-21(25)19-15(4)26-17-8-6-7-9-18(17)27-19/h5-9,11-12,15,19H,1,10H2,2-4H3. The van der Waals surface area contributed by atoms with Gasteiger partial charge in [0.1, 0.15) is 6.10 Å². The number of hydrogen-bond acceptors (Lipinski definition) is 4. The highest BCUT2D eigenvalue weighted by Gasteiger charge is 2.34. The number of allylic oxidation sites excluding steroid dienone is 1. The predicted octanol–water partition coefficient (Wildman–Crippen LogP) is 4.16. The van der Waals surface area contributed by atoms with E-state index < -0.39 is 12.2 Å². The molecule has 0 saturated carbocycles. The number of thiazole rings is 1. The van der Waals surface area contributed by atoms with Crippen LogP contribution in [0.1, 0.15) is 18.1 Å². The molecule has 1 aliphatic heterocycles. The summed E-state index contributed by atoms with van der Waals surface area (Å²) in [6, 6.07) is 11.6. The molecule has 0 N–H and O–H groups in total. The van der Waals surface area contributed by atoms with E-state index >= 15 is 0 Å². The first-order valence-corrected chi connectivity index (χ1v) is 10.0. The van der Waals surface area contributed by atoms with Crippen LogP contribution in [0.3, 0.4) is 0 Å². The van der Waals surface area contributed by atoms with Crippen molar-refractivity contribution >= 4 is 27.5 Å². The first kappa shape index (κ1) is 18.5. The van der Waals surface area contributed by atoms with Crippen molar-refractivity contribution in [2.75, 3.05) is 0 Å². The third kappa shape index (κ3) is 3.24. The molecule has 2 aromatic carbocycles. The number of ether oxygens (including phenoxy) is 2. The second-order valence-electron chi connectivity index (χ2n) is 6.97. The molecule has 4 rings (SSSR count). The largest absolute Gasteiger partial charge is 0.482 e. The molecule has 1 aliphatic rings. The van der Waals surface area contributed by atoms with Crippen molar-refractivity contribution in [1.29, 1.82) is 0 Å². The SMILES string of the molecule is C=CCn1c(=NC(=O)C2Oc3ccccc3OC2C)sc2c(C)cc(C)cc21. The molecule has 144 valence electrons. The van der Waals surface area contributed by atoms with Crippen LogP contribution in [0.4, 0.5) is 0 Å². The Labute approximate surface area is 167 Å². The van der Waals surface area contributed by atoms with Crippen molar-refractivity contribution in [2.45, 2.75) is 39.5 Å². The number of aromatic nitrogens is 1. The van der Waals surface area contributed by atoms with Crippen LogP contribution in [0.25, 0.3) is 10.2 Å². The number of para-hydroxylation sites is 2. The van der Waals surface area contributed by atoms with Gasteiger partial charge in [-0.2, -0.15) is 4.99 Å². The lowest BCUT2D eigenvalue weighted by molar-refractivity contribution is -0.130. The monoisotopic (exact) mass is 394 g/mol. The summed E-state index contributed by atoms with van der Waals surface area (Å²) >= 11 is 1.51. The van der Waals surface area contributed by atoms with E-state index in [1.165, 1.54) is 22.5 Å². The number of aryl methyl sites for hydroxylation is 2. The van der Waals surface area contributed by atoms with E-state index in [1.807, 2.05) is 35.8 Å². The number of hydrogen-bond donors (Lipinski definition) is 0. The number of carbonyl (C=O) groups excluding carboxylic acids is 1. The molecule has 2 unspecified atom stereocenters. The Morgan fingerprint density at radius 3 is 2.68 bits per heavy atom. The highest BCUT2D eigenvalue weighted by Crippen LogP contribution is 2.33. The minimum atomic E-state index is -0.778. The molecule has 0 bridgehead atoms. The van der Waals surface area contributed by atoms with Crippen molar-refractivity contribution in [3.05, 3.63) is 65.0 Å². The second kappa shape index (κ2) is 7.28. The molecule has 1 amide bonds. The Kier molecular flexibility index (Phi) is 4.81. The number of nitrogens with zero attached hydrogens (tertiary/aromatic N) is 2. The summed E-state index contributed by atoms with van der Waals surface area (Å²) in [7, 11) is 0. The van der Waals surface area contributed by atoms with Crippen LogP contribution in [-0.4, -0.2) is 22.7 Å². The summed E-state index contributed by atoms with van der Waals surface area (Å²) in [4.78, 5) is 18.0. The zero-order valence-electron chi connectivity index (χ0n) is 16.1. The molecule has 0 saturated heterocycles. The third-order valence-corrected chi connectivity index (χ3v) is 5.95. The lowest BCUT2D eigenvalue weighted by Gasteiger charge is -2.29. The lowest BCUT2D eigenvalue weighted by atomic mass is 10.1. The van der Waals surface area contributed by atoms with Crippen molar-refractivity contribution in [1.82, 2.24) is 4.57 Å². The lowest BCUT2D eigenvalue weighted by Crippen LogP contribution is -2.43. The van der Waals surface area contributed by atoms with Gasteiger partial charge in [-0.05, 0) is 50.1 Å². The number of rotatable bonds is 3. The maximum atomic E-state index is 13.0. The molecule has 0 aliphatic carbocycles. The van der Waals surface area contributed by atoms with Gasteiger partial charge in [0.05, 0.1) is 10.2 Å². The van der Waals surface area contributed by atoms with Crippen LogP contribution in [0.5, 0.6) is 11.5 Å². The van der Waals surface area contributed by atoms with Gasteiger partial charge in [0.25, 0.3) is 5.91 Å². The normalized spacial score (nSPS) is 19.0. The predicted molar refractivity (Wildman–Crippen MR) is 111 cm³/mol. The summed E-state index contributed by atoms with van der Waals surface area (Å²) in [5.41, 5.74) is 3.41. The number of carbonyl (C=O) groups is 1. The molecule has 3 aromatic rings. The second-order valence-corrected chi connectivity index (χ2v) is 7.95. The average Bonchev–Trinajstić information content (AvgIpc) is 2.99. The van der Waals surface area contributed by atoms with Gasteiger partial charge in [-0.25, -0.2) is 0 Å². The molecular weight excluding hydrogens is 372 g/mol. The summed E-state index contributed by atoms with van der Waals surface area (Å²) in [6.07, 6.45) is 0.615. The van der Waals surface area contributed by atoms with E-state index in [-0.39, 0.29) is 5.91 Å². The first-order valence-electron chi connectivity index (χ1n) is 9.20. The van der Waals surface area contributed by atoms with Crippen molar-refractivity contribution < 1.29 is 14.3 Å². The molecule has 28 heavy (non-hydrogen) atoms. The molecule has 1 aromatic heterocycles. The highest BCUT2D eigenvalue weighted by molar-refractivity contribution is 7.16. The van der Waals surface area contributed by atoms with Crippen LogP contribution >= 0.6 is 11.3 Å². The summed E-state index contributed by atoms with van der Waals surface area (Å²) < 4.78 is 14.9. The molecule has 5 nitrogen and oxygen atoms in total. The summed E-state index contributed by atoms with van der Waals surface area (Å²) in [5, 5.41) is 0. The van der Waals surface area contributed by atoms with Crippen molar-refractivity contribution in [3.63, 3.8) is 0 Å². The van der Waals surface area contributed by atoms with Gasteiger partial charge in [0.15, 0.2) is 16.3 Å². The Hall–Kier alpha value is -2.86. The van der Waals surface area contributed by atoms with E-state index in [0.717, 1.165) is 10.2 Å². The van der Waals surface area contributed by atoms with Gasteiger partial charge in [0.2, 0.25) is 6.10 Å². The van der Waals surface area contributed by atoms with Crippen LogP contribution in [0.2, 0.25) is 0 Å². The van der Waals surface area contributed by atoms with Crippen LogP contribution in [0, 0.1) is 13.8 Å². The van der Waals surface area contributed by atoms with Gasteiger partial charge >= 0.3 is 0 Å². The Morgan fingerprint density at radius 2 is 1.96 bits per heavy atom. The number of amides is 1. The van der Waals surface area contributed by atoms with Crippen molar-refractivity contribution in [2.24, 2.45) is 4.99 Å². The Balaban J connectivity index is 1.77. The van der Waals surface area contributed by atoms with Crippen LogP contribution in [-0.2, 0) is 11.3 Å². The molecule has 2 atom stereocenters. The zero-order valence-corrected chi connectivity index (χ0v) is 17.0. The fraction of sp³-hybridized carbons (Fsp3) is 0.273. The van der Waals surface area contributed by atoms with Gasteiger partial charge in [-0.1, -0.05) is 35.6 Å². The van der Waals surface area contributed by atoms with E-state index in [1.54, 1.807) is 6.07 Å². The first-order chi connectivity index (χ1) is 13.5. The zero-order chi connectivity index (χ0) is 19.8. The highest BCUT2D eigenvalue weighted by atomic mass is 32.1. The average molecular weight is 394 g/mol. The third-order valence-electron chi connectivity index (χ3n) is 4.72. The van der Waals surface area contributed by atoms with E-state index in [0.29, 0.717) is 22.8 Å². The molecule has 6 heteroatoms. The number of benzene rings is 2. The van der Waals surface area contributed by atoms with Crippen LogP contribution in [0.15, 0.2) is 54.0 Å². The molecule has 0 spiro atoms. The minimum Gasteiger partial charge on any atom is -0.482 e. The quantitative estimate of drug-likeness (QED) is 0.627. The van der Waals surface area contributed by atoms with Gasteiger partial charge in [-0.15, -0.1) is 6.58 Å². The maximum Gasteiger partial charge on any atom is 0.293 e. The van der Waals surface area contributed by atoms with E-state index in [2.05, 4.69) is 37.6 Å². The number of fused-ring (bicyclic) bond motifs is 2. The van der Waals surface area contributed by atoms with E-state index in [9.17, 15) is 4.79 Å². The molecular formula is C22H22N2O3S. The van der Waals surface area contributed by atoms with Crippen molar-refractivity contribution in [3.8, 4) is 11.5 Å². The molecule has 0 fully saturated rings. The van der Waals surface area contributed by atoms with Gasteiger partial charge in [0, 0.05) is 6.54 Å². The molecule has 2 heterocycles. The fourth-order valence-electron chi connectivity index (χ4n) is 3.45. The summed E-state index contributed by atoms with van der Waals surface area (Å²) in [5.74, 6) is 0.866. The van der Waals surface area contributed by atoms with Crippen LogP contribution < -0.4 is 14.3 Å². The maximum absolute atomic E-state index is 13.0. The Morgan fingerprint density at radius 1 is 1.25 bits per heavy atom. The summed E-state index contributed by atoms with van der Waals surface area (Å²) in [6.45, 7) is 10.4. The Bertz CT molecular complexity index is 1140. The van der Waals surface area contributed by atoms with Gasteiger partial charge in [-0.3, -0.25) is 4.79 Å². The molecule has 0 radical (unpaired) electrons. The minimum absolute atomic E-state index is 0.347. The van der Waals surface area contributed by atoms with Gasteiger partial charge < -0.3 is 14.0 Å². The van der Waals surface area contributed by atoms with E-state index in [4.69, 9.17) is 9.47 Å².